The summed E-state index contributed by atoms with van der Waals surface area (Å²) in [6, 6.07) is 12.9. The van der Waals surface area contributed by atoms with E-state index in [4.69, 9.17) is 0 Å². The minimum atomic E-state index is 0.491. The number of rotatable bonds is 6. The summed E-state index contributed by atoms with van der Waals surface area (Å²) in [5.41, 5.74) is 2.72. The summed E-state index contributed by atoms with van der Waals surface area (Å²) in [4.78, 5) is 6.84. The highest BCUT2D eigenvalue weighted by Crippen LogP contribution is 2.23. The van der Waals surface area contributed by atoms with Crippen LogP contribution in [0.1, 0.15) is 24.8 Å². The fraction of sp³-hybridized carbons (Fsp3) is 0.450. The van der Waals surface area contributed by atoms with Crippen molar-refractivity contribution in [2.75, 3.05) is 38.1 Å². The van der Waals surface area contributed by atoms with Crippen LogP contribution in [0.4, 0.5) is 5.69 Å². The van der Waals surface area contributed by atoms with Gasteiger partial charge in [-0.3, -0.25) is 4.99 Å². The van der Waals surface area contributed by atoms with E-state index in [0.717, 1.165) is 32.1 Å². The van der Waals surface area contributed by atoms with Gasteiger partial charge in [0.25, 0.3) is 0 Å². The molecular weight excluding hydrogens is 328 g/mol. The van der Waals surface area contributed by atoms with Gasteiger partial charge in [-0.15, -0.1) is 0 Å². The Balaban J connectivity index is 1.41. The number of anilines is 1. The van der Waals surface area contributed by atoms with Crippen LogP contribution in [0.25, 0.3) is 0 Å². The number of para-hydroxylation sites is 1. The predicted molar refractivity (Wildman–Crippen MR) is 109 cm³/mol. The lowest BCUT2D eigenvalue weighted by molar-refractivity contribution is 0.563. The van der Waals surface area contributed by atoms with Crippen LogP contribution in [0.15, 0.2) is 52.2 Å². The zero-order valence-corrected chi connectivity index (χ0v) is 15.9. The van der Waals surface area contributed by atoms with Crippen LogP contribution in [0, 0.1) is 5.92 Å². The van der Waals surface area contributed by atoms with E-state index in [9.17, 15) is 0 Å². The van der Waals surface area contributed by atoms with Gasteiger partial charge in [-0.2, -0.15) is 11.3 Å². The molecule has 0 amide bonds. The third kappa shape index (κ3) is 4.98. The lowest BCUT2D eigenvalue weighted by Gasteiger charge is -2.20. The van der Waals surface area contributed by atoms with Gasteiger partial charge in [-0.05, 0) is 52.8 Å². The highest BCUT2D eigenvalue weighted by atomic mass is 32.1. The molecule has 2 N–H and O–H groups in total. The molecule has 1 aliphatic heterocycles. The van der Waals surface area contributed by atoms with Gasteiger partial charge < -0.3 is 15.5 Å². The molecule has 0 radical (unpaired) electrons. The largest absolute Gasteiger partial charge is 0.371 e. The monoisotopic (exact) mass is 356 g/mol. The van der Waals surface area contributed by atoms with Crippen LogP contribution in [0.3, 0.4) is 0 Å². The van der Waals surface area contributed by atoms with E-state index < -0.39 is 0 Å². The summed E-state index contributed by atoms with van der Waals surface area (Å²) < 4.78 is 0. The van der Waals surface area contributed by atoms with Gasteiger partial charge >= 0.3 is 0 Å². The third-order valence-corrected chi connectivity index (χ3v) is 5.58. The van der Waals surface area contributed by atoms with E-state index in [-0.39, 0.29) is 0 Å². The van der Waals surface area contributed by atoms with E-state index in [1.165, 1.54) is 17.7 Å². The molecule has 134 valence electrons. The third-order valence-electron chi connectivity index (χ3n) is 4.88. The first-order chi connectivity index (χ1) is 12.3. The van der Waals surface area contributed by atoms with E-state index >= 15 is 0 Å². The van der Waals surface area contributed by atoms with Crippen LogP contribution < -0.4 is 15.5 Å². The molecule has 0 bridgehead atoms. The van der Waals surface area contributed by atoms with Gasteiger partial charge in [-0.25, -0.2) is 0 Å². The standard InChI is InChI=1S/C20H28N4S/c1-16(18-9-11-25-15-18)12-22-20(21-2)23-13-17-8-10-24(14-17)19-6-4-3-5-7-19/h3-7,9,11,15-17H,8,10,12-14H2,1-2H3,(H2,21,22,23). The fourth-order valence-electron chi connectivity index (χ4n) is 3.26. The van der Waals surface area contributed by atoms with E-state index in [1.807, 2.05) is 7.05 Å². The minimum absolute atomic E-state index is 0.491. The second kappa shape index (κ2) is 8.90. The lowest BCUT2D eigenvalue weighted by Crippen LogP contribution is -2.41. The van der Waals surface area contributed by atoms with E-state index in [2.05, 4.69) is 74.6 Å². The number of hydrogen-bond donors (Lipinski definition) is 2. The van der Waals surface area contributed by atoms with E-state index in [1.54, 1.807) is 11.3 Å². The molecule has 4 nitrogen and oxygen atoms in total. The molecule has 1 saturated heterocycles. The fourth-order valence-corrected chi connectivity index (χ4v) is 4.04. The molecule has 1 aliphatic rings. The first-order valence-electron chi connectivity index (χ1n) is 9.03. The Kier molecular flexibility index (Phi) is 6.34. The second-order valence-electron chi connectivity index (χ2n) is 6.73. The minimum Gasteiger partial charge on any atom is -0.371 e. The molecule has 25 heavy (non-hydrogen) atoms. The van der Waals surface area contributed by atoms with Crippen LogP contribution in [-0.4, -0.2) is 39.2 Å². The molecule has 1 aromatic carbocycles. The number of nitrogens with zero attached hydrogens (tertiary/aromatic N) is 2. The molecule has 0 saturated carbocycles. The van der Waals surface area contributed by atoms with Crippen molar-refractivity contribution < 1.29 is 0 Å². The summed E-state index contributed by atoms with van der Waals surface area (Å²) in [7, 11) is 1.84. The molecule has 1 fully saturated rings. The van der Waals surface area contributed by atoms with Crippen molar-refractivity contribution in [3.63, 3.8) is 0 Å². The van der Waals surface area contributed by atoms with Crippen molar-refractivity contribution in [2.24, 2.45) is 10.9 Å². The SMILES string of the molecule is CN=C(NCC1CCN(c2ccccc2)C1)NCC(C)c1ccsc1. The average molecular weight is 357 g/mol. The van der Waals surface area contributed by atoms with Crippen LogP contribution in [0.2, 0.25) is 0 Å². The van der Waals surface area contributed by atoms with Gasteiger partial charge in [0.15, 0.2) is 5.96 Å². The number of aliphatic imine (C=N–C) groups is 1. The van der Waals surface area contributed by atoms with Crippen LogP contribution >= 0.6 is 11.3 Å². The zero-order valence-electron chi connectivity index (χ0n) is 15.1. The molecule has 5 heteroatoms. The first kappa shape index (κ1) is 17.8. The Hall–Kier alpha value is -2.01. The van der Waals surface area contributed by atoms with Crippen LogP contribution in [0.5, 0.6) is 0 Å². The molecule has 0 spiro atoms. The first-order valence-corrected chi connectivity index (χ1v) is 9.97. The number of guanidine groups is 1. The van der Waals surface area contributed by atoms with Gasteiger partial charge in [0, 0.05) is 38.9 Å². The predicted octanol–water partition coefficient (Wildman–Crippen LogP) is 3.54. The summed E-state index contributed by atoms with van der Waals surface area (Å²) in [6.45, 7) is 6.36. The Bertz CT molecular complexity index is 654. The normalized spacial score (nSPS) is 19.0. The van der Waals surface area contributed by atoms with Crippen molar-refractivity contribution in [3.8, 4) is 0 Å². The molecule has 0 aliphatic carbocycles. The smallest absolute Gasteiger partial charge is 0.191 e. The number of hydrogen-bond acceptors (Lipinski definition) is 3. The molecule has 2 aromatic rings. The summed E-state index contributed by atoms with van der Waals surface area (Å²) in [5, 5.41) is 11.3. The van der Waals surface area contributed by atoms with Gasteiger partial charge in [0.05, 0.1) is 0 Å². The molecule has 1 aromatic heterocycles. The molecular formula is C20H28N4S. The van der Waals surface area contributed by atoms with Crippen molar-refractivity contribution >= 4 is 23.0 Å². The molecule has 2 heterocycles. The average Bonchev–Trinajstić information content (AvgIpc) is 3.34. The quantitative estimate of drug-likeness (QED) is 0.614. The second-order valence-corrected chi connectivity index (χ2v) is 7.51. The Labute approximate surface area is 155 Å². The van der Waals surface area contributed by atoms with E-state index in [0.29, 0.717) is 11.8 Å². The molecule has 2 unspecified atom stereocenters. The Morgan fingerprint density at radius 1 is 1.28 bits per heavy atom. The van der Waals surface area contributed by atoms with Crippen LogP contribution in [-0.2, 0) is 0 Å². The maximum Gasteiger partial charge on any atom is 0.191 e. The van der Waals surface area contributed by atoms with Crippen molar-refractivity contribution in [3.05, 3.63) is 52.7 Å². The summed E-state index contributed by atoms with van der Waals surface area (Å²) >= 11 is 1.76. The van der Waals surface area contributed by atoms with Crippen molar-refractivity contribution in [1.82, 2.24) is 10.6 Å². The van der Waals surface area contributed by atoms with Crippen molar-refractivity contribution in [2.45, 2.75) is 19.3 Å². The number of nitrogens with one attached hydrogen (secondary N) is 2. The Morgan fingerprint density at radius 3 is 2.84 bits per heavy atom. The topological polar surface area (TPSA) is 39.7 Å². The highest BCUT2D eigenvalue weighted by Gasteiger charge is 2.22. The maximum absolute atomic E-state index is 4.36. The maximum atomic E-state index is 4.36. The lowest BCUT2D eigenvalue weighted by atomic mass is 10.1. The summed E-state index contributed by atoms with van der Waals surface area (Å²) in [5.74, 6) is 2.05. The highest BCUT2D eigenvalue weighted by molar-refractivity contribution is 7.07. The van der Waals surface area contributed by atoms with Crippen molar-refractivity contribution in [1.29, 1.82) is 0 Å². The number of benzene rings is 1. The summed E-state index contributed by atoms with van der Waals surface area (Å²) in [6.07, 6.45) is 1.23. The van der Waals surface area contributed by atoms with Gasteiger partial charge in [0.2, 0.25) is 0 Å². The van der Waals surface area contributed by atoms with Gasteiger partial charge in [-0.1, -0.05) is 25.1 Å². The zero-order chi connectivity index (χ0) is 17.5. The Morgan fingerprint density at radius 2 is 2.12 bits per heavy atom. The van der Waals surface area contributed by atoms with Gasteiger partial charge in [0.1, 0.15) is 0 Å². The molecule has 3 rings (SSSR count). The molecule has 2 atom stereocenters. The number of thiophene rings is 1.